The van der Waals surface area contributed by atoms with Crippen LogP contribution < -0.4 is 11.5 Å². The van der Waals surface area contributed by atoms with Gasteiger partial charge in [0.15, 0.2) is 5.69 Å². The number of hydrogen-bond acceptors (Lipinski definition) is 5. The van der Waals surface area contributed by atoms with E-state index in [1.807, 2.05) is 6.92 Å². The summed E-state index contributed by atoms with van der Waals surface area (Å²) in [6.07, 6.45) is 0.738. The Balaban J connectivity index is 3.29. The Kier molecular flexibility index (Phi) is 3.49. The summed E-state index contributed by atoms with van der Waals surface area (Å²) >= 11 is 0. The highest BCUT2D eigenvalue weighted by Gasteiger charge is 2.24. The van der Waals surface area contributed by atoms with Crippen molar-refractivity contribution >= 4 is 17.6 Å². The maximum atomic E-state index is 11.3. The van der Waals surface area contributed by atoms with Crippen molar-refractivity contribution in [2.24, 2.45) is 5.73 Å². The Labute approximate surface area is 92.3 Å². The number of esters is 1. The molecular weight excluding hydrogens is 212 g/mol. The molecule has 0 saturated carbocycles. The zero-order valence-corrected chi connectivity index (χ0v) is 9.19. The Morgan fingerprint density at radius 1 is 1.50 bits per heavy atom. The number of nitrogens with two attached hydrogens (primary N) is 2. The molecule has 0 atom stereocenters. The summed E-state index contributed by atoms with van der Waals surface area (Å²) in [6, 6.07) is 0. The van der Waals surface area contributed by atoms with Crippen molar-refractivity contribution in [2.75, 3.05) is 12.8 Å². The quantitative estimate of drug-likeness (QED) is 0.688. The smallest absolute Gasteiger partial charge is 0.360 e. The number of anilines is 1. The summed E-state index contributed by atoms with van der Waals surface area (Å²) in [5.74, 6) is -1.40. The average Bonchev–Trinajstić information content (AvgIpc) is 2.55. The SMILES string of the molecule is CCCn1nc(C(=O)OC)c(N)c1C(N)=O. The molecule has 0 fully saturated rings. The summed E-state index contributed by atoms with van der Waals surface area (Å²) in [4.78, 5) is 22.5. The van der Waals surface area contributed by atoms with Crippen LogP contribution in [0.15, 0.2) is 0 Å². The summed E-state index contributed by atoms with van der Waals surface area (Å²) in [5.41, 5.74) is 10.7. The number of amides is 1. The van der Waals surface area contributed by atoms with Gasteiger partial charge in [0.2, 0.25) is 0 Å². The molecule has 0 aliphatic carbocycles. The molecule has 0 aliphatic rings. The van der Waals surface area contributed by atoms with Gasteiger partial charge in [-0.25, -0.2) is 4.79 Å². The van der Waals surface area contributed by atoms with Crippen molar-refractivity contribution in [2.45, 2.75) is 19.9 Å². The van der Waals surface area contributed by atoms with Crippen LogP contribution >= 0.6 is 0 Å². The van der Waals surface area contributed by atoms with Gasteiger partial charge in [-0.05, 0) is 6.42 Å². The molecule has 4 N–H and O–H groups in total. The van der Waals surface area contributed by atoms with Crippen molar-refractivity contribution in [1.82, 2.24) is 9.78 Å². The molecule has 7 nitrogen and oxygen atoms in total. The van der Waals surface area contributed by atoms with Gasteiger partial charge in [0.05, 0.1) is 12.8 Å². The molecule has 0 spiro atoms. The zero-order chi connectivity index (χ0) is 12.3. The van der Waals surface area contributed by atoms with Crippen molar-refractivity contribution in [3.63, 3.8) is 0 Å². The number of ether oxygens (including phenoxy) is 1. The van der Waals surface area contributed by atoms with Gasteiger partial charge in [-0.1, -0.05) is 6.92 Å². The monoisotopic (exact) mass is 226 g/mol. The molecule has 0 saturated heterocycles. The van der Waals surface area contributed by atoms with Crippen LogP contribution in [0, 0.1) is 0 Å². The Morgan fingerprint density at radius 2 is 2.12 bits per heavy atom. The second-order valence-corrected chi connectivity index (χ2v) is 3.19. The number of carbonyl (C=O) groups is 2. The van der Waals surface area contributed by atoms with Crippen LogP contribution in [-0.4, -0.2) is 28.8 Å². The topological polar surface area (TPSA) is 113 Å². The molecule has 0 bridgehead atoms. The summed E-state index contributed by atoms with van der Waals surface area (Å²) in [5, 5.41) is 3.91. The van der Waals surface area contributed by atoms with Gasteiger partial charge < -0.3 is 16.2 Å². The Bertz CT molecular complexity index is 425. The number of nitrogen functional groups attached to an aromatic ring is 1. The van der Waals surface area contributed by atoms with Gasteiger partial charge in [-0.15, -0.1) is 0 Å². The second kappa shape index (κ2) is 4.65. The van der Waals surface area contributed by atoms with E-state index in [2.05, 4.69) is 9.84 Å². The summed E-state index contributed by atoms with van der Waals surface area (Å²) < 4.78 is 5.82. The van der Waals surface area contributed by atoms with Gasteiger partial charge in [0.1, 0.15) is 5.69 Å². The first-order chi connectivity index (χ1) is 7.52. The molecule has 16 heavy (non-hydrogen) atoms. The lowest BCUT2D eigenvalue weighted by Crippen LogP contribution is -2.19. The number of hydrogen-bond donors (Lipinski definition) is 2. The van der Waals surface area contributed by atoms with E-state index in [-0.39, 0.29) is 17.1 Å². The number of aryl methyl sites for hydroxylation is 1. The standard InChI is InChI=1S/C9H14N4O3/c1-3-4-13-7(8(11)14)5(10)6(12-13)9(15)16-2/h3-4,10H2,1-2H3,(H2,11,14). The minimum Gasteiger partial charge on any atom is -0.464 e. The molecule has 1 aromatic rings. The van der Waals surface area contributed by atoms with Crippen LogP contribution in [0.3, 0.4) is 0 Å². The number of aromatic nitrogens is 2. The number of primary amides is 1. The molecule has 1 amide bonds. The van der Waals surface area contributed by atoms with Crippen LogP contribution in [0.4, 0.5) is 5.69 Å². The van der Waals surface area contributed by atoms with E-state index in [0.29, 0.717) is 6.54 Å². The Hall–Kier alpha value is -2.05. The molecule has 0 radical (unpaired) electrons. The molecular formula is C9H14N4O3. The second-order valence-electron chi connectivity index (χ2n) is 3.19. The van der Waals surface area contributed by atoms with E-state index >= 15 is 0 Å². The predicted octanol–water partition coefficient (Wildman–Crippen LogP) is -0.239. The third-order valence-electron chi connectivity index (χ3n) is 2.04. The highest BCUT2D eigenvalue weighted by molar-refractivity contribution is 6.03. The van der Waals surface area contributed by atoms with Crippen molar-refractivity contribution in [3.8, 4) is 0 Å². The van der Waals surface area contributed by atoms with E-state index in [4.69, 9.17) is 11.5 Å². The maximum Gasteiger partial charge on any atom is 0.360 e. The van der Waals surface area contributed by atoms with Crippen LogP contribution in [0.5, 0.6) is 0 Å². The summed E-state index contributed by atoms with van der Waals surface area (Å²) in [7, 11) is 1.21. The molecule has 1 heterocycles. The van der Waals surface area contributed by atoms with E-state index in [9.17, 15) is 9.59 Å². The normalized spacial score (nSPS) is 10.1. The minimum atomic E-state index is -0.714. The van der Waals surface area contributed by atoms with Gasteiger partial charge in [-0.2, -0.15) is 5.10 Å². The number of carbonyl (C=O) groups excluding carboxylic acids is 2. The van der Waals surface area contributed by atoms with Gasteiger partial charge in [-0.3, -0.25) is 9.48 Å². The van der Waals surface area contributed by atoms with Gasteiger partial charge in [0, 0.05) is 6.54 Å². The highest BCUT2D eigenvalue weighted by atomic mass is 16.5. The largest absolute Gasteiger partial charge is 0.464 e. The fraction of sp³-hybridized carbons (Fsp3) is 0.444. The molecule has 88 valence electrons. The van der Waals surface area contributed by atoms with Crippen molar-refractivity contribution < 1.29 is 14.3 Å². The fourth-order valence-electron chi connectivity index (χ4n) is 1.36. The van der Waals surface area contributed by atoms with E-state index in [0.717, 1.165) is 6.42 Å². The van der Waals surface area contributed by atoms with E-state index in [1.165, 1.54) is 11.8 Å². The van der Waals surface area contributed by atoms with Crippen LogP contribution in [0.25, 0.3) is 0 Å². The van der Waals surface area contributed by atoms with Crippen LogP contribution in [-0.2, 0) is 11.3 Å². The van der Waals surface area contributed by atoms with E-state index in [1.54, 1.807) is 0 Å². The maximum absolute atomic E-state index is 11.3. The number of rotatable bonds is 4. The average molecular weight is 226 g/mol. The highest BCUT2D eigenvalue weighted by Crippen LogP contribution is 2.17. The molecule has 0 aliphatic heterocycles. The van der Waals surface area contributed by atoms with Crippen LogP contribution in [0.2, 0.25) is 0 Å². The number of nitrogens with zero attached hydrogens (tertiary/aromatic N) is 2. The third kappa shape index (κ3) is 1.97. The molecule has 1 aromatic heterocycles. The molecule has 1 rings (SSSR count). The van der Waals surface area contributed by atoms with Gasteiger partial charge >= 0.3 is 5.97 Å². The van der Waals surface area contributed by atoms with Crippen molar-refractivity contribution in [1.29, 1.82) is 0 Å². The molecule has 7 heteroatoms. The molecule has 0 aromatic carbocycles. The minimum absolute atomic E-state index is 0.0344. The number of methoxy groups -OCH3 is 1. The van der Waals surface area contributed by atoms with Gasteiger partial charge in [0.25, 0.3) is 5.91 Å². The Morgan fingerprint density at radius 3 is 2.56 bits per heavy atom. The van der Waals surface area contributed by atoms with E-state index < -0.39 is 11.9 Å². The zero-order valence-electron chi connectivity index (χ0n) is 9.19. The fourth-order valence-corrected chi connectivity index (χ4v) is 1.36. The lowest BCUT2D eigenvalue weighted by atomic mass is 10.3. The van der Waals surface area contributed by atoms with Crippen molar-refractivity contribution in [3.05, 3.63) is 11.4 Å². The summed E-state index contributed by atoms with van der Waals surface area (Å²) in [6.45, 7) is 2.36. The molecule has 0 unspecified atom stereocenters. The predicted molar refractivity (Wildman–Crippen MR) is 56.8 cm³/mol. The van der Waals surface area contributed by atoms with Crippen LogP contribution in [0.1, 0.15) is 34.3 Å². The third-order valence-corrected chi connectivity index (χ3v) is 2.04. The first-order valence-corrected chi connectivity index (χ1v) is 4.77. The lowest BCUT2D eigenvalue weighted by molar-refractivity contribution is 0.0594. The first kappa shape index (κ1) is 12.0. The lowest BCUT2D eigenvalue weighted by Gasteiger charge is -2.01. The first-order valence-electron chi connectivity index (χ1n) is 4.77.